The van der Waals surface area contributed by atoms with Crippen molar-refractivity contribution in [3.8, 4) is 0 Å². The number of amides is 1. The van der Waals surface area contributed by atoms with Crippen LogP contribution in [0.4, 0.5) is 0 Å². The molecule has 2 aromatic heterocycles. The fourth-order valence-corrected chi connectivity index (χ4v) is 4.94. The summed E-state index contributed by atoms with van der Waals surface area (Å²) in [7, 11) is 0. The monoisotopic (exact) mass is 499 g/mol. The maximum Gasteiger partial charge on any atom is 0.355 e. The van der Waals surface area contributed by atoms with Crippen LogP contribution in [0.3, 0.4) is 0 Å². The van der Waals surface area contributed by atoms with Crippen LogP contribution in [0.25, 0.3) is 5.76 Å². The molecule has 10 nitrogen and oxygen atoms in total. The zero-order valence-electron chi connectivity index (χ0n) is 21.2. The van der Waals surface area contributed by atoms with Crippen LogP contribution in [0.2, 0.25) is 0 Å². The van der Waals surface area contributed by atoms with Crippen molar-refractivity contribution in [1.29, 1.82) is 0 Å². The molecule has 2 aromatic rings. The van der Waals surface area contributed by atoms with Crippen LogP contribution in [0, 0.1) is 20.8 Å². The number of esters is 1. The van der Waals surface area contributed by atoms with Gasteiger partial charge in [0.2, 0.25) is 0 Å². The molecule has 1 atom stereocenters. The molecule has 0 unspecified atom stereocenters. The zero-order chi connectivity index (χ0) is 26.0. The summed E-state index contributed by atoms with van der Waals surface area (Å²) in [5, 5.41) is 11.4. The number of nitrogens with one attached hydrogen (secondary N) is 1. The van der Waals surface area contributed by atoms with Gasteiger partial charge in [0, 0.05) is 37.4 Å². The lowest BCUT2D eigenvalue weighted by Crippen LogP contribution is -2.38. The van der Waals surface area contributed by atoms with E-state index in [1.165, 1.54) is 4.90 Å². The number of ether oxygens (including phenoxy) is 2. The topological polar surface area (TPSA) is 125 Å². The highest BCUT2D eigenvalue weighted by Gasteiger charge is 2.47. The van der Waals surface area contributed by atoms with Crippen molar-refractivity contribution >= 4 is 23.4 Å². The molecule has 2 saturated heterocycles. The molecule has 2 aliphatic heterocycles. The highest BCUT2D eigenvalue weighted by Crippen LogP contribution is 2.41. The molecule has 1 amide bonds. The first-order valence-corrected chi connectivity index (χ1v) is 12.3. The summed E-state index contributed by atoms with van der Waals surface area (Å²) in [4.78, 5) is 45.5. The van der Waals surface area contributed by atoms with Crippen LogP contribution in [0.5, 0.6) is 0 Å². The molecule has 10 heteroatoms. The van der Waals surface area contributed by atoms with E-state index in [0.29, 0.717) is 54.5 Å². The van der Waals surface area contributed by atoms with Gasteiger partial charge in [0.1, 0.15) is 29.0 Å². The second-order valence-electron chi connectivity index (χ2n) is 9.09. The number of aliphatic hydroxyl groups excluding tert-OH is 1. The van der Waals surface area contributed by atoms with E-state index in [1.54, 1.807) is 39.8 Å². The van der Waals surface area contributed by atoms with Crippen molar-refractivity contribution in [2.75, 3.05) is 46.0 Å². The minimum atomic E-state index is -0.872. The number of aryl methyl sites for hydroxylation is 2. The largest absolute Gasteiger partial charge is 0.507 e. The lowest BCUT2D eigenvalue weighted by molar-refractivity contribution is -0.140. The molecule has 0 saturated carbocycles. The summed E-state index contributed by atoms with van der Waals surface area (Å²) in [5.41, 5.74) is 1.37. The SMILES string of the molecule is CCOC(=O)c1[nH]c(C)c(/C(O)=C2\C(=O)C(=O)N(CCCN3CCOCC3)[C@H]2c2ccc(C)o2)c1C. The van der Waals surface area contributed by atoms with Gasteiger partial charge in [-0.05, 0) is 51.8 Å². The van der Waals surface area contributed by atoms with E-state index < -0.39 is 23.7 Å². The molecule has 2 aliphatic rings. The van der Waals surface area contributed by atoms with Gasteiger partial charge in [-0.25, -0.2) is 4.79 Å². The van der Waals surface area contributed by atoms with Gasteiger partial charge in [0.25, 0.3) is 11.7 Å². The van der Waals surface area contributed by atoms with Crippen LogP contribution in [0.1, 0.15) is 58.2 Å². The second kappa shape index (κ2) is 10.7. The minimum Gasteiger partial charge on any atom is -0.507 e. The zero-order valence-corrected chi connectivity index (χ0v) is 21.2. The number of furan rings is 1. The number of hydrogen-bond donors (Lipinski definition) is 2. The molecule has 194 valence electrons. The molecule has 36 heavy (non-hydrogen) atoms. The summed E-state index contributed by atoms with van der Waals surface area (Å²) in [6.07, 6.45) is 0.651. The van der Waals surface area contributed by atoms with Crippen LogP contribution >= 0.6 is 0 Å². The van der Waals surface area contributed by atoms with Gasteiger partial charge in [-0.3, -0.25) is 14.5 Å². The number of carbonyl (C=O) groups excluding carboxylic acids is 3. The van der Waals surface area contributed by atoms with Crippen molar-refractivity contribution in [3.05, 3.63) is 51.7 Å². The van der Waals surface area contributed by atoms with E-state index >= 15 is 0 Å². The number of hydrogen-bond acceptors (Lipinski definition) is 8. The number of rotatable bonds is 8. The van der Waals surface area contributed by atoms with Gasteiger partial charge in [0.05, 0.1) is 25.4 Å². The molecule has 2 fully saturated rings. The van der Waals surface area contributed by atoms with Gasteiger partial charge in [-0.2, -0.15) is 0 Å². The number of aromatic amines is 1. The number of likely N-dealkylation sites (tertiary alicyclic amines) is 1. The number of H-pyrrole nitrogens is 1. The predicted octanol–water partition coefficient (Wildman–Crippen LogP) is 2.85. The molecule has 0 aromatic carbocycles. The average molecular weight is 500 g/mol. The Bertz CT molecular complexity index is 1190. The number of aromatic nitrogens is 1. The highest BCUT2D eigenvalue weighted by molar-refractivity contribution is 6.46. The lowest BCUT2D eigenvalue weighted by Gasteiger charge is -2.28. The Hall–Kier alpha value is -3.37. The Morgan fingerprint density at radius 3 is 2.53 bits per heavy atom. The van der Waals surface area contributed by atoms with Crippen molar-refractivity contribution in [2.24, 2.45) is 0 Å². The van der Waals surface area contributed by atoms with Crippen molar-refractivity contribution in [3.63, 3.8) is 0 Å². The molecule has 0 spiro atoms. The molecular formula is C26H33N3O7. The van der Waals surface area contributed by atoms with Crippen LogP contribution in [0.15, 0.2) is 22.1 Å². The molecule has 2 N–H and O–H groups in total. The predicted molar refractivity (Wildman–Crippen MR) is 131 cm³/mol. The summed E-state index contributed by atoms with van der Waals surface area (Å²) in [6, 6.07) is 2.60. The van der Waals surface area contributed by atoms with E-state index in [-0.39, 0.29) is 23.6 Å². The Morgan fingerprint density at radius 1 is 1.17 bits per heavy atom. The van der Waals surface area contributed by atoms with Gasteiger partial charge in [-0.15, -0.1) is 0 Å². The first kappa shape index (κ1) is 25.7. The van der Waals surface area contributed by atoms with Gasteiger partial charge in [-0.1, -0.05) is 0 Å². The second-order valence-corrected chi connectivity index (χ2v) is 9.09. The molecule has 4 heterocycles. The normalized spacial score (nSPS) is 20.3. The Kier molecular flexibility index (Phi) is 7.65. The Labute approximate surface area is 209 Å². The van der Waals surface area contributed by atoms with Gasteiger partial charge in [0.15, 0.2) is 0 Å². The number of aliphatic hydroxyl groups is 1. The molecular weight excluding hydrogens is 466 g/mol. The Morgan fingerprint density at radius 2 is 1.89 bits per heavy atom. The van der Waals surface area contributed by atoms with Gasteiger partial charge < -0.3 is 28.9 Å². The minimum absolute atomic E-state index is 0.0543. The quantitative estimate of drug-likeness (QED) is 0.246. The third kappa shape index (κ3) is 4.83. The summed E-state index contributed by atoms with van der Waals surface area (Å²) in [5.74, 6) is -1.34. The van der Waals surface area contributed by atoms with E-state index in [0.717, 1.165) is 19.6 Å². The van der Waals surface area contributed by atoms with Crippen molar-refractivity contribution < 1.29 is 33.4 Å². The maximum absolute atomic E-state index is 13.3. The molecule has 4 rings (SSSR count). The molecule has 0 bridgehead atoms. The van der Waals surface area contributed by atoms with E-state index in [2.05, 4.69) is 9.88 Å². The first-order chi connectivity index (χ1) is 17.2. The number of Topliss-reactive ketones (excluding diaryl/α,β-unsaturated/α-hetero) is 1. The summed E-state index contributed by atoms with van der Waals surface area (Å²) < 4.78 is 16.3. The van der Waals surface area contributed by atoms with Gasteiger partial charge >= 0.3 is 5.97 Å². The number of nitrogens with zero attached hydrogens (tertiary/aromatic N) is 2. The standard InChI is InChI=1S/C26H33N3O7/c1-5-35-26(33)21-16(3)19(17(4)27-21)23(30)20-22(18-8-7-15(2)36-18)29(25(32)24(20)31)10-6-9-28-11-13-34-14-12-28/h7-8,22,27,30H,5-6,9-14H2,1-4H3/b23-20+/t22-/m0/s1. The highest BCUT2D eigenvalue weighted by atomic mass is 16.5. The summed E-state index contributed by atoms with van der Waals surface area (Å²) >= 11 is 0. The van der Waals surface area contributed by atoms with Crippen LogP contribution < -0.4 is 0 Å². The average Bonchev–Trinajstić information content (AvgIpc) is 3.49. The first-order valence-electron chi connectivity index (χ1n) is 12.3. The third-order valence-corrected chi connectivity index (χ3v) is 6.70. The Balaban J connectivity index is 1.71. The van der Waals surface area contributed by atoms with Crippen LogP contribution in [-0.2, 0) is 19.1 Å². The van der Waals surface area contributed by atoms with E-state index in [4.69, 9.17) is 13.9 Å². The fourth-order valence-electron chi connectivity index (χ4n) is 4.94. The maximum atomic E-state index is 13.3. The van der Waals surface area contributed by atoms with Crippen LogP contribution in [-0.4, -0.2) is 83.5 Å². The summed E-state index contributed by atoms with van der Waals surface area (Å²) in [6.45, 7) is 11.1. The molecule has 0 aliphatic carbocycles. The van der Waals surface area contributed by atoms with E-state index in [1.807, 2.05) is 0 Å². The van der Waals surface area contributed by atoms with E-state index in [9.17, 15) is 19.5 Å². The third-order valence-electron chi connectivity index (χ3n) is 6.70. The molecule has 0 radical (unpaired) electrons. The number of carbonyl (C=O) groups is 3. The fraction of sp³-hybridized carbons (Fsp3) is 0.500. The number of ketones is 1. The lowest BCUT2D eigenvalue weighted by atomic mass is 9.97. The number of morpholine rings is 1. The van der Waals surface area contributed by atoms with Crippen molar-refractivity contribution in [2.45, 2.75) is 40.2 Å². The van der Waals surface area contributed by atoms with Crippen molar-refractivity contribution in [1.82, 2.24) is 14.8 Å². The smallest absolute Gasteiger partial charge is 0.355 e.